The Morgan fingerprint density at radius 1 is 0.957 bits per heavy atom. The van der Waals surface area contributed by atoms with Crippen molar-refractivity contribution in [3.63, 3.8) is 0 Å². The van der Waals surface area contributed by atoms with Gasteiger partial charge in [0.15, 0.2) is 0 Å². The van der Waals surface area contributed by atoms with Gasteiger partial charge in [0.2, 0.25) is 0 Å². The molecule has 0 aliphatic heterocycles. The summed E-state index contributed by atoms with van der Waals surface area (Å²) in [6.45, 7) is 4.99. The number of hydrogen-bond donors (Lipinski definition) is 0. The summed E-state index contributed by atoms with van der Waals surface area (Å²) in [5.74, 6) is 0. The molecule has 0 unspecified atom stereocenters. The fourth-order valence-electron chi connectivity index (χ4n) is 3.37. The molecule has 23 heavy (non-hydrogen) atoms. The summed E-state index contributed by atoms with van der Waals surface area (Å²) >= 11 is 0. The summed E-state index contributed by atoms with van der Waals surface area (Å²) in [7, 11) is -1.33. The Morgan fingerprint density at radius 3 is 2.17 bits per heavy atom. The molecular weight excluding hydrogens is 328 g/mol. The number of rotatable bonds is 3. The third kappa shape index (κ3) is 5.81. The summed E-state index contributed by atoms with van der Waals surface area (Å²) in [6.07, 6.45) is 5.39. The molecule has 124 valence electrons. The molecule has 2 aromatic carbocycles. The zero-order chi connectivity index (χ0) is 13.3. The Hall–Kier alpha value is -0.499. The largest absolute Gasteiger partial charge is 4.00 e. The fraction of sp³-hybridized carbons (Fsp3) is 0.333. The van der Waals surface area contributed by atoms with E-state index in [-0.39, 0.29) is 44.0 Å². The second kappa shape index (κ2) is 10.4. The van der Waals surface area contributed by atoms with Gasteiger partial charge in [0.05, 0.1) is 8.07 Å². The van der Waals surface area contributed by atoms with Crippen LogP contribution in [0.25, 0.3) is 0 Å². The zero-order valence-corrected chi connectivity index (χ0v) is 18.1. The minimum atomic E-state index is -1.33. The van der Waals surface area contributed by atoms with Crippen LogP contribution in [0.1, 0.15) is 29.5 Å². The molecule has 0 amide bonds. The first kappa shape index (κ1) is 24.7. The molecular formula is C21H32SiTi. The Morgan fingerprint density at radius 2 is 1.57 bits per heavy atom. The van der Waals surface area contributed by atoms with Crippen molar-refractivity contribution in [1.82, 2.24) is 0 Å². The second-order valence-electron chi connectivity index (χ2n) is 6.55. The molecule has 0 aromatic heterocycles. The van der Waals surface area contributed by atoms with Crippen LogP contribution in [0.15, 0.2) is 42.5 Å². The van der Waals surface area contributed by atoms with E-state index in [1.54, 1.807) is 21.9 Å². The number of aryl methyl sites for hydroxylation is 2. The molecule has 0 saturated heterocycles. The third-order valence-electron chi connectivity index (χ3n) is 4.48. The van der Waals surface area contributed by atoms with Crippen LogP contribution in [0.4, 0.5) is 0 Å². The van der Waals surface area contributed by atoms with Gasteiger partial charge in [-0.15, -0.1) is 0 Å². The molecule has 0 fully saturated rings. The van der Waals surface area contributed by atoms with Crippen molar-refractivity contribution in [2.24, 2.45) is 0 Å². The van der Waals surface area contributed by atoms with E-state index >= 15 is 0 Å². The van der Waals surface area contributed by atoms with Gasteiger partial charge in [-0.25, -0.2) is 6.07 Å². The van der Waals surface area contributed by atoms with Crippen molar-refractivity contribution < 1.29 is 21.7 Å². The molecule has 0 saturated carbocycles. The molecule has 0 heterocycles. The summed E-state index contributed by atoms with van der Waals surface area (Å²) in [5.41, 5.74) is 4.87. The van der Waals surface area contributed by atoms with Gasteiger partial charge in [-0.3, -0.25) is 0 Å². The SMILES string of the molecule is C[Si](C)(Cc1cc2c([cH-]1)CCCC2)c1ccccc1.[CH3-].[CH3-].[CH3-].[Ti+4]. The van der Waals surface area contributed by atoms with Crippen LogP contribution < -0.4 is 5.19 Å². The van der Waals surface area contributed by atoms with Crippen molar-refractivity contribution in [2.75, 3.05) is 0 Å². The van der Waals surface area contributed by atoms with Crippen LogP contribution in [-0.2, 0) is 40.6 Å². The Kier molecular flexibility index (Phi) is 11.2. The van der Waals surface area contributed by atoms with E-state index in [1.807, 2.05) is 0 Å². The molecule has 0 atom stereocenters. The van der Waals surface area contributed by atoms with Gasteiger partial charge in [0.1, 0.15) is 0 Å². The summed E-state index contributed by atoms with van der Waals surface area (Å²) in [6, 6.07) is 17.4. The molecule has 1 aliphatic rings. The zero-order valence-electron chi connectivity index (χ0n) is 15.6. The standard InChI is InChI=1S/C18H23Si.3CH3.Ti/c1-19(2,18-10-4-3-5-11-18)14-15-12-16-8-6-7-9-17(16)13-15;;;;/h3-5,10-13H,6-9,14H2,1-2H3;3*1H3;/q4*-1;+4. The second-order valence-corrected chi connectivity index (χ2v) is 11.2. The summed E-state index contributed by atoms with van der Waals surface area (Å²) < 4.78 is 0. The molecule has 0 bridgehead atoms. The van der Waals surface area contributed by atoms with E-state index in [0.717, 1.165) is 0 Å². The van der Waals surface area contributed by atoms with Crippen molar-refractivity contribution in [3.8, 4) is 0 Å². The predicted molar refractivity (Wildman–Crippen MR) is 105 cm³/mol. The number of fused-ring (bicyclic) bond motifs is 1. The van der Waals surface area contributed by atoms with Gasteiger partial charge in [-0.2, -0.15) is 22.8 Å². The Balaban J connectivity index is 0. The van der Waals surface area contributed by atoms with Crippen LogP contribution in [0.2, 0.25) is 13.1 Å². The van der Waals surface area contributed by atoms with Crippen LogP contribution in [0.3, 0.4) is 0 Å². The Bertz CT molecular complexity index is 531. The van der Waals surface area contributed by atoms with E-state index in [0.29, 0.717) is 0 Å². The van der Waals surface area contributed by atoms with E-state index in [1.165, 1.54) is 31.7 Å². The Labute approximate surface area is 161 Å². The fourth-order valence-corrected chi connectivity index (χ4v) is 5.90. The van der Waals surface area contributed by atoms with Gasteiger partial charge < -0.3 is 22.3 Å². The monoisotopic (exact) mass is 360 g/mol. The van der Waals surface area contributed by atoms with Gasteiger partial charge >= 0.3 is 21.7 Å². The minimum absolute atomic E-state index is 0. The maximum absolute atomic E-state index is 2.49. The van der Waals surface area contributed by atoms with Crippen LogP contribution in [0.5, 0.6) is 0 Å². The van der Waals surface area contributed by atoms with Gasteiger partial charge in [-0.1, -0.05) is 80.3 Å². The smallest absolute Gasteiger partial charge is 0.358 e. The molecule has 3 rings (SSSR count). The molecule has 1 aliphatic carbocycles. The maximum Gasteiger partial charge on any atom is 4.00 e. The molecule has 0 radical (unpaired) electrons. The van der Waals surface area contributed by atoms with Crippen molar-refractivity contribution >= 4 is 13.3 Å². The molecule has 2 heteroatoms. The first-order valence-electron chi connectivity index (χ1n) is 7.48. The van der Waals surface area contributed by atoms with Crippen molar-refractivity contribution in [2.45, 2.75) is 44.8 Å². The minimum Gasteiger partial charge on any atom is -0.358 e. The van der Waals surface area contributed by atoms with Crippen LogP contribution in [0, 0.1) is 22.3 Å². The van der Waals surface area contributed by atoms with Crippen molar-refractivity contribution in [1.29, 1.82) is 0 Å². The third-order valence-corrected chi connectivity index (χ3v) is 7.66. The number of hydrogen-bond acceptors (Lipinski definition) is 0. The average molecular weight is 360 g/mol. The first-order chi connectivity index (χ1) is 9.15. The molecule has 2 aromatic rings. The molecule has 0 spiro atoms. The van der Waals surface area contributed by atoms with Crippen LogP contribution >= 0.6 is 0 Å². The van der Waals surface area contributed by atoms with Crippen molar-refractivity contribution in [3.05, 3.63) is 81.4 Å². The topological polar surface area (TPSA) is 0 Å². The average Bonchev–Trinajstić information content (AvgIpc) is 2.81. The molecule has 0 N–H and O–H groups in total. The van der Waals surface area contributed by atoms with E-state index < -0.39 is 8.07 Å². The van der Waals surface area contributed by atoms with Gasteiger partial charge in [0.25, 0.3) is 0 Å². The van der Waals surface area contributed by atoms with E-state index in [4.69, 9.17) is 0 Å². The normalized spacial score (nSPS) is 12.6. The predicted octanol–water partition coefficient (Wildman–Crippen LogP) is 5.33. The molecule has 0 nitrogen and oxygen atoms in total. The van der Waals surface area contributed by atoms with Crippen LogP contribution in [-0.4, -0.2) is 8.07 Å². The van der Waals surface area contributed by atoms with E-state index in [9.17, 15) is 0 Å². The van der Waals surface area contributed by atoms with Gasteiger partial charge in [-0.05, 0) is 0 Å². The summed E-state index contributed by atoms with van der Waals surface area (Å²) in [5, 5.41) is 1.58. The first-order valence-corrected chi connectivity index (χ1v) is 10.7. The van der Waals surface area contributed by atoms with E-state index in [2.05, 4.69) is 55.6 Å². The quantitative estimate of drug-likeness (QED) is 0.513. The maximum atomic E-state index is 2.49. The summed E-state index contributed by atoms with van der Waals surface area (Å²) in [4.78, 5) is 0. The van der Waals surface area contributed by atoms with Gasteiger partial charge in [0, 0.05) is 0 Å². The number of benzene rings is 1.